The van der Waals surface area contributed by atoms with Crippen molar-refractivity contribution in [2.75, 3.05) is 6.54 Å². The number of hydrogen-bond acceptors (Lipinski definition) is 2. The molecule has 0 atom stereocenters. The minimum atomic E-state index is 0.0352. The van der Waals surface area contributed by atoms with Crippen molar-refractivity contribution in [3.63, 3.8) is 0 Å². The lowest BCUT2D eigenvalue weighted by Gasteiger charge is -1.98. The van der Waals surface area contributed by atoms with E-state index in [1.54, 1.807) is 0 Å². The second-order valence-corrected chi connectivity index (χ2v) is 2.66. The van der Waals surface area contributed by atoms with Crippen LogP contribution >= 0.6 is 0 Å². The van der Waals surface area contributed by atoms with Crippen LogP contribution in [0.4, 0.5) is 0 Å². The van der Waals surface area contributed by atoms with Crippen LogP contribution in [0.25, 0.3) is 0 Å². The van der Waals surface area contributed by atoms with Crippen molar-refractivity contribution < 1.29 is 5.11 Å². The average molecular weight is 175 g/mol. The Morgan fingerprint density at radius 1 is 1.31 bits per heavy atom. The maximum Gasteiger partial charge on any atom is 0.0694 e. The van der Waals surface area contributed by atoms with Gasteiger partial charge in [-0.05, 0) is 11.6 Å². The van der Waals surface area contributed by atoms with Gasteiger partial charge in [-0.15, -0.1) is 0 Å². The van der Waals surface area contributed by atoms with Gasteiger partial charge in [0.25, 0.3) is 0 Å². The SMILES string of the molecule is NCCC#Cc1ccccc1CO. The van der Waals surface area contributed by atoms with Crippen LogP contribution in [0.1, 0.15) is 17.5 Å². The summed E-state index contributed by atoms with van der Waals surface area (Å²) < 4.78 is 0. The number of hydrogen-bond donors (Lipinski definition) is 2. The number of aliphatic hydroxyl groups excluding tert-OH is 1. The van der Waals surface area contributed by atoms with Crippen LogP contribution in [0.15, 0.2) is 24.3 Å². The van der Waals surface area contributed by atoms with Crippen LogP contribution < -0.4 is 5.73 Å². The van der Waals surface area contributed by atoms with Crippen molar-refractivity contribution in [3.05, 3.63) is 35.4 Å². The summed E-state index contributed by atoms with van der Waals surface area (Å²) in [7, 11) is 0. The lowest BCUT2D eigenvalue weighted by Crippen LogP contribution is -1.95. The van der Waals surface area contributed by atoms with Gasteiger partial charge < -0.3 is 10.8 Å². The van der Waals surface area contributed by atoms with E-state index in [9.17, 15) is 0 Å². The summed E-state index contributed by atoms with van der Waals surface area (Å²) in [5.74, 6) is 5.92. The first-order chi connectivity index (χ1) is 6.38. The second kappa shape index (κ2) is 5.36. The minimum Gasteiger partial charge on any atom is -0.392 e. The molecule has 0 saturated heterocycles. The molecule has 0 saturated carbocycles. The highest BCUT2D eigenvalue weighted by molar-refractivity contribution is 5.40. The topological polar surface area (TPSA) is 46.2 Å². The molecule has 0 aromatic heterocycles. The number of aliphatic hydroxyl groups is 1. The standard InChI is InChI=1S/C11H13NO/c12-8-4-3-6-10-5-1-2-7-11(10)9-13/h1-2,5,7,13H,4,8-9,12H2. The third kappa shape index (κ3) is 2.90. The minimum absolute atomic E-state index is 0.0352. The number of nitrogens with two attached hydrogens (primary N) is 1. The van der Waals surface area contributed by atoms with Gasteiger partial charge >= 0.3 is 0 Å². The Morgan fingerprint density at radius 2 is 2.08 bits per heavy atom. The summed E-state index contributed by atoms with van der Waals surface area (Å²) >= 11 is 0. The van der Waals surface area contributed by atoms with E-state index in [-0.39, 0.29) is 6.61 Å². The first-order valence-corrected chi connectivity index (χ1v) is 4.26. The van der Waals surface area contributed by atoms with E-state index in [2.05, 4.69) is 11.8 Å². The average Bonchev–Trinajstić information content (AvgIpc) is 2.19. The van der Waals surface area contributed by atoms with Gasteiger partial charge in [0, 0.05) is 18.5 Å². The highest BCUT2D eigenvalue weighted by Gasteiger charge is 1.94. The molecule has 0 aliphatic heterocycles. The van der Waals surface area contributed by atoms with E-state index in [1.165, 1.54) is 0 Å². The Labute approximate surface area is 78.4 Å². The van der Waals surface area contributed by atoms with Crippen LogP contribution in [-0.4, -0.2) is 11.7 Å². The molecule has 1 rings (SSSR count). The first-order valence-electron chi connectivity index (χ1n) is 4.26. The van der Waals surface area contributed by atoms with Crippen molar-refractivity contribution in [3.8, 4) is 11.8 Å². The highest BCUT2D eigenvalue weighted by atomic mass is 16.3. The van der Waals surface area contributed by atoms with Gasteiger partial charge in [-0.3, -0.25) is 0 Å². The fourth-order valence-corrected chi connectivity index (χ4v) is 1.01. The van der Waals surface area contributed by atoms with Crippen LogP contribution in [0.2, 0.25) is 0 Å². The Bertz CT molecular complexity index is 322. The summed E-state index contributed by atoms with van der Waals surface area (Å²) in [6.45, 7) is 0.613. The molecule has 13 heavy (non-hydrogen) atoms. The monoisotopic (exact) mass is 175 g/mol. The zero-order valence-electron chi connectivity index (χ0n) is 7.46. The Morgan fingerprint density at radius 3 is 2.77 bits per heavy atom. The lowest BCUT2D eigenvalue weighted by molar-refractivity contribution is 0.281. The molecule has 1 aromatic rings. The summed E-state index contributed by atoms with van der Waals surface area (Å²) in [5.41, 5.74) is 7.07. The van der Waals surface area contributed by atoms with Gasteiger partial charge in [0.15, 0.2) is 0 Å². The molecule has 68 valence electrons. The van der Waals surface area contributed by atoms with E-state index >= 15 is 0 Å². The van der Waals surface area contributed by atoms with E-state index in [0.29, 0.717) is 13.0 Å². The number of benzene rings is 1. The highest BCUT2D eigenvalue weighted by Crippen LogP contribution is 2.06. The normalized spacial score (nSPS) is 9.08. The van der Waals surface area contributed by atoms with E-state index < -0.39 is 0 Å². The maximum absolute atomic E-state index is 8.98. The third-order valence-electron chi connectivity index (χ3n) is 1.68. The molecular formula is C11H13NO. The van der Waals surface area contributed by atoms with Crippen molar-refractivity contribution >= 4 is 0 Å². The van der Waals surface area contributed by atoms with Crippen molar-refractivity contribution in [2.24, 2.45) is 5.73 Å². The molecule has 2 heteroatoms. The van der Waals surface area contributed by atoms with Crippen molar-refractivity contribution in [1.82, 2.24) is 0 Å². The molecule has 0 unspecified atom stereocenters. The molecule has 0 aliphatic carbocycles. The number of rotatable bonds is 2. The van der Waals surface area contributed by atoms with Gasteiger partial charge in [-0.1, -0.05) is 30.0 Å². The first kappa shape index (κ1) is 9.79. The van der Waals surface area contributed by atoms with E-state index in [1.807, 2.05) is 24.3 Å². The molecule has 0 fully saturated rings. The Balaban J connectivity index is 2.82. The molecule has 1 aromatic carbocycles. The fourth-order valence-electron chi connectivity index (χ4n) is 1.01. The zero-order valence-corrected chi connectivity index (χ0v) is 7.46. The van der Waals surface area contributed by atoms with Gasteiger partial charge in [0.1, 0.15) is 0 Å². The Hall–Kier alpha value is -1.30. The predicted molar refractivity (Wildman–Crippen MR) is 52.9 cm³/mol. The molecule has 0 aliphatic rings. The summed E-state index contributed by atoms with van der Waals surface area (Å²) in [4.78, 5) is 0. The molecule has 0 heterocycles. The van der Waals surface area contributed by atoms with Crippen molar-refractivity contribution in [1.29, 1.82) is 0 Å². The maximum atomic E-state index is 8.98. The van der Waals surface area contributed by atoms with Gasteiger partial charge in [0.05, 0.1) is 6.61 Å². The summed E-state index contributed by atoms with van der Waals surface area (Å²) in [6.07, 6.45) is 0.694. The molecular weight excluding hydrogens is 162 g/mol. The predicted octanol–water partition coefficient (Wildman–Crippen LogP) is 0.879. The molecule has 3 N–H and O–H groups in total. The largest absolute Gasteiger partial charge is 0.392 e. The molecule has 0 radical (unpaired) electrons. The van der Waals surface area contributed by atoms with Gasteiger partial charge in [-0.2, -0.15) is 0 Å². The van der Waals surface area contributed by atoms with Crippen molar-refractivity contribution in [2.45, 2.75) is 13.0 Å². The lowest BCUT2D eigenvalue weighted by atomic mass is 10.1. The molecule has 0 amide bonds. The quantitative estimate of drug-likeness (QED) is 0.655. The second-order valence-electron chi connectivity index (χ2n) is 2.66. The van der Waals surface area contributed by atoms with Gasteiger partial charge in [0.2, 0.25) is 0 Å². The third-order valence-corrected chi connectivity index (χ3v) is 1.68. The van der Waals surface area contributed by atoms with E-state index in [0.717, 1.165) is 11.1 Å². The molecule has 0 bridgehead atoms. The van der Waals surface area contributed by atoms with Crippen LogP contribution in [0, 0.1) is 11.8 Å². The molecule has 2 nitrogen and oxygen atoms in total. The van der Waals surface area contributed by atoms with E-state index in [4.69, 9.17) is 10.8 Å². The summed E-state index contributed by atoms with van der Waals surface area (Å²) in [5, 5.41) is 8.98. The summed E-state index contributed by atoms with van der Waals surface area (Å²) in [6, 6.07) is 7.56. The fraction of sp³-hybridized carbons (Fsp3) is 0.273. The van der Waals surface area contributed by atoms with Crippen LogP contribution in [0.3, 0.4) is 0 Å². The Kier molecular flexibility index (Phi) is 4.04. The van der Waals surface area contributed by atoms with Crippen LogP contribution in [-0.2, 0) is 6.61 Å². The smallest absolute Gasteiger partial charge is 0.0694 e. The zero-order chi connectivity index (χ0) is 9.52. The van der Waals surface area contributed by atoms with Crippen LogP contribution in [0.5, 0.6) is 0 Å². The molecule has 0 spiro atoms. The van der Waals surface area contributed by atoms with Gasteiger partial charge in [-0.25, -0.2) is 0 Å².